The minimum absolute atomic E-state index is 0.166. The van der Waals surface area contributed by atoms with Crippen molar-refractivity contribution >= 4 is 29.3 Å². The van der Waals surface area contributed by atoms with Crippen molar-refractivity contribution in [1.82, 2.24) is 4.90 Å². The van der Waals surface area contributed by atoms with Gasteiger partial charge in [0.1, 0.15) is 0 Å². The Kier molecular flexibility index (Phi) is 5.97. The van der Waals surface area contributed by atoms with Crippen LogP contribution in [0.2, 0.25) is 5.02 Å². The molecule has 1 N–H and O–H groups in total. The van der Waals surface area contributed by atoms with Gasteiger partial charge in [-0.2, -0.15) is 0 Å². The molecule has 1 aromatic rings. The Bertz CT molecular complexity index is 493. The Morgan fingerprint density at radius 1 is 1.43 bits per heavy atom. The van der Waals surface area contributed by atoms with Crippen LogP contribution in [-0.4, -0.2) is 40.4 Å². The van der Waals surface area contributed by atoms with Gasteiger partial charge in [-0.3, -0.25) is 4.79 Å². The van der Waals surface area contributed by atoms with Crippen molar-refractivity contribution in [3.8, 4) is 0 Å². The van der Waals surface area contributed by atoms with Crippen molar-refractivity contribution in [3.05, 3.63) is 34.9 Å². The third-order valence-electron chi connectivity index (χ3n) is 3.80. The Balaban J connectivity index is 1.77. The monoisotopic (exact) mass is 327 g/mol. The number of carbonyl (C=O) groups excluding carboxylic acids is 1. The van der Waals surface area contributed by atoms with Gasteiger partial charge in [-0.15, -0.1) is 11.8 Å². The molecule has 0 bridgehead atoms. The number of thioether (sulfide) groups is 1. The molecule has 5 heteroatoms. The zero-order valence-electron chi connectivity index (χ0n) is 12.3. The summed E-state index contributed by atoms with van der Waals surface area (Å²) < 4.78 is 0. The predicted octanol–water partition coefficient (Wildman–Crippen LogP) is 3.34. The average molecular weight is 328 g/mol. The molecule has 0 spiro atoms. The average Bonchev–Trinajstić information content (AvgIpc) is 2.60. The van der Waals surface area contributed by atoms with E-state index in [0.717, 1.165) is 35.7 Å². The summed E-state index contributed by atoms with van der Waals surface area (Å²) in [6.45, 7) is 3.27. The molecule has 1 saturated heterocycles. The topological polar surface area (TPSA) is 40.5 Å². The molecule has 1 atom stereocenters. The van der Waals surface area contributed by atoms with Crippen molar-refractivity contribution < 1.29 is 9.90 Å². The largest absolute Gasteiger partial charge is 0.390 e. The Labute approximate surface area is 135 Å². The number of carbonyl (C=O) groups is 1. The third-order valence-corrected chi connectivity index (χ3v) is 5.02. The van der Waals surface area contributed by atoms with Crippen LogP contribution in [0.4, 0.5) is 0 Å². The molecule has 1 aliphatic rings. The van der Waals surface area contributed by atoms with Gasteiger partial charge < -0.3 is 10.0 Å². The van der Waals surface area contributed by atoms with Crippen LogP contribution in [0.3, 0.4) is 0 Å². The van der Waals surface area contributed by atoms with Gasteiger partial charge in [0.25, 0.3) is 0 Å². The molecule has 116 valence electrons. The van der Waals surface area contributed by atoms with Gasteiger partial charge in [0.2, 0.25) is 5.91 Å². The number of likely N-dealkylation sites (tertiary alicyclic amines) is 1. The predicted molar refractivity (Wildman–Crippen MR) is 88.7 cm³/mol. The van der Waals surface area contributed by atoms with E-state index in [2.05, 4.69) is 0 Å². The van der Waals surface area contributed by atoms with Crippen molar-refractivity contribution in [2.75, 3.05) is 18.8 Å². The first-order chi connectivity index (χ1) is 9.96. The number of rotatable bonds is 4. The molecule has 21 heavy (non-hydrogen) atoms. The summed E-state index contributed by atoms with van der Waals surface area (Å²) in [5, 5.41) is 10.8. The molecule has 0 aromatic heterocycles. The molecule has 1 aliphatic heterocycles. The number of nitrogens with zero attached hydrogens (tertiary/aromatic N) is 1. The number of hydrogen-bond acceptors (Lipinski definition) is 3. The van der Waals surface area contributed by atoms with E-state index in [-0.39, 0.29) is 5.91 Å². The Hall–Kier alpha value is -0.710. The standard InChI is InChI=1S/C16H22ClNO2S/c1-16(20)6-3-8-18(9-7-16)15(19)12-21-11-13-4-2-5-14(17)10-13/h2,4-5,10,20H,3,6-9,11-12H2,1H3. The maximum atomic E-state index is 12.2. The molecular weight excluding hydrogens is 306 g/mol. The fourth-order valence-electron chi connectivity index (χ4n) is 2.49. The number of aliphatic hydroxyl groups is 1. The van der Waals surface area contributed by atoms with E-state index in [1.165, 1.54) is 0 Å². The summed E-state index contributed by atoms with van der Waals surface area (Å²) in [6, 6.07) is 7.73. The summed E-state index contributed by atoms with van der Waals surface area (Å²) in [6.07, 6.45) is 2.31. The Morgan fingerprint density at radius 2 is 2.24 bits per heavy atom. The highest BCUT2D eigenvalue weighted by Crippen LogP contribution is 2.22. The van der Waals surface area contributed by atoms with Crippen LogP contribution in [0.5, 0.6) is 0 Å². The van der Waals surface area contributed by atoms with Gasteiger partial charge in [-0.05, 0) is 43.9 Å². The van der Waals surface area contributed by atoms with Crippen LogP contribution in [0.15, 0.2) is 24.3 Å². The van der Waals surface area contributed by atoms with Crippen molar-refractivity contribution in [3.63, 3.8) is 0 Å². The molecule has 0 aliphatic carbocycles. The normalized spacial score (nSPS) is 22.9. The molecule has 1 aromatic carbocycles. The van der Waals surface area contributed by atoms with Gasteiger partial charge in [-0.25, -0.2) is 0 Å². The molecule has 1 amide bonds. The van der Waals surface area contributed by atoms with Crippen LogP contribution in [0.1, 0.15) is 31.7 Å². The second kappa shape index (κ2) is 7.52. The molecule has 3 nitrogen and oxygen atoms in total. The van der Waals surface area contributed by atoms with E-state index in [9.17, 15) is 9.90 Å². The van der Waals surface area contributed by atoms with Crippen LogP contribution < -0.4 is 0 Å². The fraction of sp³-hybridized carbons (Fsp3) is 0.562. The third kappa shape index (κ3) is 5.53. The fourth-order valence-corrected chi connectivity index (χ4v) is 3.57. The highest BCUT2D eigenvalue weighted by atomic mass is 35.5. The summed E-state index contributed by atoms with van der Waals surface area (Å²) in [5.74, 6) is 1.44. The smallest absolute Gasteiger partial charge is 0.232 e. The van der Waals surface area contributed by atoms with E-state index in [1.54, 1.807) is 11.8 Å². The number of amides is 1. The zero-order valence-corrected chi connectivity index (χ0v) is 13.9. The van der Waals surface area contributed by atoms with Crippen LogP contribution in [0.25, 0.3) is 0 Å². The summed E-state index contributed by atoms with van der Waals surface area (Å²) in [4.78, 5) is 14.1. The minimum Gasteiger partial charge on any atom is -0.390 e. The first-order valence-electron chi connectivity index (χ1n) is 7.29. The quantitative estimate of drug-likeness (QED) is 0.922. The van der Waals surface area contributed by atoms with Crippen LogP contribution in [0, 0.1) is 0 Å². The van der Waals surface area contributed by atoms with Crippen molar-refractivity contribution in [2.24, 2.45) is 0 Å². The highest BCUT2D eigenvalue weighted by molar-refractivity contribution is 7.99. The summed E-state index contributed by atoms with van der Waals surface area (Å²) in [7, 11) is 0. The second-order valence-corrected chi connectivity index (χ2v) is 7.28. The van der Waals surface area contributed by atoms with Gasteiger partial charge in [-0.1, -0.05) is 23.7 Å². The zero-order chi connectivity index (χ0) is 15.3. The molecular formula is C16H22ClNO2S. The van der Waals surface area contributed by atoms with E-state index < -0.39 is 5.60 Å². The number of hydrogen-bond donors (Lipinski definition) is 1. The Morgan fingerprint density at radius 3 is 3.00 bits per heavy atom. The number of halogens is 1. The molecule has 1 unspecified atom stereocenters. The summed E-state index contributed by atoms with van der Waals surface area (Å²) >= 11 is 7.56. The van der Waals surface area contributed by atoms with Gasteiger partial charge in [0, 0.05) is 23.9 Å². The molecule has 0 saturated carbocycles. The van der Waals surface area contributed by atoms with Gasteiger partial charge in [0.05, 0.1) is 11.4 Å². The minimum atomic E-state index is -0.622. The number of benzene rings is 1. The first kappa shape index (κ1) is 16.7. The van der Waals surface area contributed by atoms with E-state index in [0.29, 0.717) is 18.7 Å². The lowest BCUT2D eigenvalue weighted by atomic mass is 9.98. The molecule has 0 radical (unpaired) electrons. The SMILES string of the molecule is CC1(O)CCCN(C(=O)CSCc2cccc(Cl)c2)CC1. The van der Waals surface area contributed by atoms with Gasteiger partial charge in [0.15, 0.2) is 0 Å². The van der Waals surface area contributed by atoms with E-state index in [4.69, 9.17) is 11.6 Å². The highest BCUT2D eigenvalue weighted by Gasteiger charge is 2.26. The molecule has 1 fully saturated rings. The lowest BCUT2D eigenvalue weighted by molar-refractivity contribution is -0.128. The second-order valence-electron chi connectivity index (χ2n) is 5.85. The van der Waals surface area contributed by atoms with E-state index >= 15 is 0 Å². The lowest BCUT2D eigenvalue weighted by Crippen LogP contribution is -2.34. The van der Waals surface area contributed by atoms with Crippen molar-refractivity contribution in [1.29, 1.82) is 0 Å². The van der Waals surface area contributed by atoms with Gasteiger partial charge >= 0.3 is 0 Å². The van der Waals surface area contributed by atoms with Crippen molar-refractivity contribution in [2.45, 2.75) is 37.5 Å². The lowest BCUT2D eigenvalue weighted by Gasteiger charge is -2.22. The molecule has 2 rings (SSSR count). The maximum Gasteiger partial charge on any atom is 0.232 e. The van der Waals surface area contributed by atoms with Crippen LogP contribution >= 0.6 is 23.4 Å². The maximum absolute atomic E-state index is 12.2. The molecule has 1 heterocycles. The van der Waals surface area contributed by atoms with E-state index in [1.807, 2.05) is 36.1 Å². The summed E-state index contributed by atoms with van der Waals surface area (Å²) in [5.41, 5.74) is 0.516. The van der Waals surface area contributed by atoms with Crippen LogP contribution in [-0.2, 0) is 10.5 Å². The first-order valence-corrected chi connectivity index (χ1v) is 8.82.